The molecule has 0 spiro atoms. The Morgan fingerprint density at radius 2 is 2.00 bits per heavy atom. The highest BCUT2D eigenvalue weighted by Crippen LogP contribution is 2.38. The molecule has 3 heteroatoms. The van der Waals surface area contributed by atoms with Gasteiger partial charge < -0.3 is 5.73 Å². The molecule has 0 heterocycles. The van der Waals surface area contributed by atoms with E-state index in [-0.39, 0.29) is 16.3 Å². The standard InChI is InChI=1S/C12H13ClFN/c13-10-5-3-4-9(11(10)14)12(8-15)6-1-2-7-12/h1-5H,6-8,15H2. The lowest BCUT2D eigenvalue weighted by atomic mass is 9.78. The molecule has 0 saturated carbocycles. The van der Waals surface area contributed by atoms with E-state index < -0.39 is 0 Å². The fourth-order valence-electron chi connectivity index (χ4n) is 2.11. The summed E-state index contributed by atoms with van der Waals surface area (Å²) < 4.78 is 13.9. The van der Waals surface area contributed by atoms with Gasteiger partial charge in [-0.1, -0.05) is 35.9 Å². The molecule has 1 aliphatic rings. The largest absolute Gasteiger partial charge is 0.330 e. The number of allylic oxidation sites excluding steroid dienone is 2. The predicted octanol–water partition coefficient (Wildman–Crippen LogP) is 3.03. The molecule has 0 saturated heterocycles. The minimum Gasteiger partial charge on any atom is -0.330 e. The van der Waals surface area contributed by atoms with E-state index in [0.717, 1.165) is 12.8 Å². The Morgan fingerprint density at radius 3 is 2.60 bits per heavy atom. The Balaban J connectivity index is 2.48. The van der Waals surface area contributed by atoms with Gasteiger partial charge in [0.2, 0.25) is 0 Å². The third-order valence-corrected chi connectivity index (χ3v) is 3.39. The van der Waals surface area contributed by atoms with Gasteiger partial charge in [-0.3, -0.25) is 0 Å². The van der Waals surface area contributed by atoms with Gasteiger partial charge in [0, 0.05) is 12.0 Å². The van der Waals surface area contributed by atoms with Crippen molar-refractivity contribution in [1.29, 1.82) is 0 Å². The van der Waals surface area contributed by atoms with Crippen LogP contribution in [-0.4, -0.2) is 6.54 Å². The second-order valence-electron chi connectivity index (χ2n) is 3.97. The molecule has 0 aliphatic heterocycles. The van der Waals surface area contributed by atoms with Gasteiger partial charge in [-0.05, 0) is 24.5 Å². The van der Waals surface area contributed by atoms with Crippen molar-refractivity contribution < 1.29 is 4.39 Å². The maximum Gasteiger partial charge on any atom is 0.145 e. The molecular formula is C12H13ClFN. The smallest absolute Gasteiger partial charge is 0.145 e. The number of halogens is 2. The van der Waals surface area contributed by atoms with E-state index >= 15 is 0 Å². The summed E-state index contributed by atoms with van der Waals surface area (Å²) in [6.45, 7) is 0.442. The van der Waals surface area contributed by atoms with Crippen LogP contribution >= 0.6 is 11.6 Å². The first-order valence-electron chi connectivity index (χ1n) is 4.99. The van der Waals surface area contributed by atoms with E-state index in [1.54, 1.807) is 18.2 Å². The van der Waals surface area contributed by atoms with E-state index in [9.17, 15) is 4.39 Å². The van der Waals surface area contributed by atoms with Crippen molar-refractivity contribution in [3.63, 3.8) is 0 Å². The van der Waals surface area contributed by atoms with E-state index in [4.69, 9.17) is 17.3 Å². The Morgan fingerprint density at radius 1 is 1.33 bits per heavy atom. The Hall–Kier alpha value is -0.860. The van der Waals surface area contributed by atoms with Gasteiger partial charge in [0.05, 0.1) is 5.02 Å². The molecule has 1 aromatic rings. The quantitative estimate of drug-likeness (QED) is 0.770. The van der Waals surface area contributed by atoms with Crippen LogP contribution in [0.2, 0.25) is 5.02 Å². The average Bonchev–Trinajstić information content (AvgIpc) is 2.72. The summed E-state index contributed by atoms with van der Waals surface area (Å²) in [6, 6.07) is 5.12. The molecule has 2 rings (SSSR count). The third kappa shape index (κ3) is 1.68. The molecule has 80 valence electrons. The lowest BCUT2D eigenvalue weighted by Crippen LogP contribution is -2.33. The molecule has 0 bridgehead atoms. The van der Waals surface area contributed by atoms with Crippen LogP contribution in [0.5, 0.6) is 0 Å². The number of hydrogen-bond acceptors (Lipinski definition) is 1. The van der Waals surface area contributed by atoms with E-state index in [0.29, 0.717) is 12.1 Å². The summed E-state index contributed by atoms with van der Waals surface area (Å²) in [5, 5.41) is 0.173. The van der Waals surface area contributed by atoms with Crippen LogP contribution in [0.4, 0.5) is 4.39 Å². The Labute approximate surface area is 93.7 Å². The molecule has 0 atom stereocenters. The lowest BCUT2D eigenvalue weighted by Gasteiger charge is -2.28. The monoisotopic (exact) mass is 225 g/mol. The molecule has 1 nitrogen and oxygen atoms in total. The number of hydrogen-bond donors (Lipinski definition) is 1. The van der Waals surface area contributed by atoms with E-state index in [1.807, 2.05) is 12.2 Å². The zero-order valence-corrected chi connectivity index (χ0v) is 9.10. The van der Waals surface area contributed by atoms with E-state index in [2.05, 4.69) is 0 Å². The van der Waals surface area contributed by atoms with Crippen molar-refractivity contribution in [3.05, 3.63) is 46.8 Å². The van der Waals surface area contributed by atoms with Gasteiger partial charge >= 0.3 is 0 Å². The summed E-state index contributed by atoms with van der Waals surface area (Å²) in [5.74, 6) is -0.326. The topological polar surface area (TPSA) is 26.0 Å². The van der Waals surface area contributed by atoms with Crippen LogP contribution in [0.3, 0.4) is 0 Å². The maximum atomic E-state index is 13.9. The summed E-state index contributed by atoms with van der Waals surface area (Å²) in [7, 11) is 0. The molecule has 0 aromatic heterocycles. The van der Waals surface area contributed by atoms with Crippen molar-refractivity contribution in [1.82, 2.24) is 0 Å². The van der Waals surface area contributed by atoms with Crippen LogP contribution < -0.4 is 5.73 Å². The number of rotatable bonds is 2. The molecule has 0 unspecified atom stereocenters. The van der Waals surface area contributed by atoms with Crippen molar-refractivity contribution in [3.8, 4) is 0 Å². The summed E-state index contributed by atoms with van der Waals surface area (Å²) >= 11 is 5.77. The Bertz CT molecular complexity index is 393. The highest BCUT2D eigenvalue weighted by Gasteiger charge is 2.34. The molecule has 0 amide bonds. The second-order valence-corrected chi connectivity index (χ2v) is 4.37. The Kier molecular flexibility index (Phi) is 2.81. The minimum absolute atomic E-state index is 0.173. The van der Waals surface area contributed by atoms with Crippen molar-refractivity contribution in [2.75, 3.05) is 6.54 Å². The van der Waals surface area contributed by atoms with Gasteiger partial charge in [0.15, 0.2) is 0 Å². The van der Waals surface area contributed by atoms with Crippen LogP contribution in [-0.2, 0) is 5.41 Å². The van der Waals surface area contributed by atoms with Crippen LogP contribution in [0, 0.1) is 5.82 Å². The van der Waals surface area contributed by atoms with Gasteiger partial charge in [-0.15, -0.1) is 0 Å². The van der Waals surface area contributed by atoms with Gasteiger partial charge in [0.1, 0.15) is 5.82 Å². The molecule has 15 heavy (non-hydrogen) atoms. The summed E-state index contributed by atoms with van der Waals surface area (Å²) in [4.78, 5) is 0. The summed E-state index contributed by atoms with van der Waals surface area (Å²) in [5.41, 5.74) is 6.13. The second kappa shape index (κ2) is 3.95. The van der Waals surface area contributed by atoms with Gasteiger partial charge in [-0.2, -0.15) is 0 Å². The first kappa shape index (κ1) is 10.7. The maximum absolute atomic E-state index is 13.9. The number of nitrogens with two attached hydrogens (primary N) is 1. The highest BCUT2D eigenvalue weighted by atomic mass is 35.5. The molecule has 1 aliphatic carbocycles. The molecule has 2 N–H and O–H groups in total. The van der Waals surface area contributed by atoms with E-state index in [1.165, 1.54) is 0 Å². The normalized spacial score (nSPS) is 18.3. The molecule has 1 aromatic carbocycles. The van der Waals surface area contributed by atoms with Crippen molar-refractivity contribution >= 4 is 11.6 Å². The molecular weight excluding hydrogens is 213 g/mol. The zero-order chi connectivity index (χ0) is 10.9. The molecule has 0 fully saturated rings. The zero-order valence-electron chi connectivity index (χ0n) is 8.34. The average molecular weight is 226 g/mol. The molecule has 0 radical (unpaired) electrons. The van der Waals surface area contributed by atoms with Gasteiger partial charge in [0.25, 0.3) is 0 Å². The van der Waals surface area contributed by atoms with Crippen LogP contribution in [0.1, 0.15) is 18.4 Å². The number of benzene rings is 1. The van der Waals surface area contributed by atoms with Crippen molar-refractivity contribution in [2.24, 2.45) is 5.73 Å². The first-order valence-corrected chi connectivity index (χ1v) is 5.37. The fourth-order valence-corrected chi connectivity index (χ4v) is 2.29. The van der Waals surface area contributed by atoms with Crippen molar-refractivity contribution in [2.45, 2.75) is 18.3 Å². The van der Waals surface area contributed by atoms with Crippen LogP contribution in [0.25, 0.3) is 0 Å². The van der Waals surface area contributed by atoms with Crippen LogP contribution in [0.15, 0.2) is 30.4 Å². The summed E-state index contributed by atoms with van der Waals surface area (Å²) in [6.07, 6.45) is 5.68. The minimum atomic E-state index is -0.326. The SMILES string of the molecule is NCC1(c2cccc(Cl)c2F)CC=CC1. The third-order valence-electron chi connectivity index (χ3n) is 3.10. The lowest BCUT2D eigenvalue weighted by molar-refractivity contribution is 0.441. The first-order chi connectivity index (χ1) is 7.19. The van der Waals surface area contributed by atoms with Gasteiger partial charge in [-0.25, -0.2) is 4.39 Å². The fraction of sp³-hybridized carbons (Fsp3) is 0.333. The highest BCUT2D eigenvalue weighted by molar-refractivity contribution is 6.30. The predicted molar refractivity (Wildman–Crippen MR) is 60.5 cm³/mol.